The van der Waals surface area contributed by atoms with Crippen molar-refractivity contribution in [3.63, 3.8) is 0 Å². The Morgan fingerprint density at radius 3 is 2.47 bits per heavy atom. The van der Waals surface area contributed by atoms with E-state index in [9.17, 15) is 5.11 Å². The third-order valence-corrected chi connectivity index (χ3v) is 2.78. The van der Waals surface area contributed by atoms with Crippen LogP contribution in [0.25, 0.3) is 0 Å². The lowest BCUT2D eigenvalue weighted by atomic mass is 10.3. The SMILES string of the molecule is CCNc1cc(NCC(O)CC)nc(SC)n1. The van der Waals surface area contributed by atoms with Gasteiger partial charge in [-0.25, -0.2) is 9.97 Å². The fourth-order valence-corrected chi connectivity index (χ4v) is 1.62. The van der Waals surface area contributed by atoms with Crippen molar-refractivity contribution in [3.8, 4) is 0 Å². The van der Waals surface area contributed by atoms with Crippen molar-refractivity contribution >= 4 is 23.4 Å². The summed E-state index contributed by atoms with van der Waals surface area (Å²) in [5, 5.41) is 16.5. The molecule has 0 spiro atoms. The quantitative estimate of drug-likeness (QED) is 0.510. The first-order chi connectivity index (χ1) is 8.19. The third-order valence-electron chi connectivity index (χ3n) is 2.24. The summed E-state index contributed by atoms with van der Waals surface area (Å²) in [7, 11) is 0. The van der Waals surface area contributed by atoms with E-state index >= 15 is 0 Å². The molecule has 3 N–H and O–H groups in total. The number of hydrogen-bond acceptors (Lipinski definition) is 6. The van der Waals surface area contributed by atoms with E-state index in [1.807, 2.05) is 26.2 Å². The van der Waals surface area contributed by atoms with Crippen LogP contribution in [0, 0.1) is 0 Å². The van der Waals surface area contributed by atoms with Crippen molar-refractivity contribution < 1.29 is 5.11 Å². The molecule has 0 saturated heterocycles. The second kappa shape index (κ2) is 7.34. The van der Waals surface area contributed by atoms with Crippen LogP contribution in [0.1, 0.15) is 20.3 Å². The van der Waals surface area contributed by atoms with Crippen molar-refractivity contribution in [1.82, 2.24) is 9.97 Å². The average molecular weight is 256 g/mol. The number of aliphatic hydroxyl groups excluding tert-OH is 1. The summed E-state index contributed by atoms with van der Waals surface area (Å²) in [4.78, 5) is 8.66. The number of nitrogens with one attached hydrogen (secondary N) is 2. The number of anilines is 2. The Hall–Kier alpha value is -1.01. The lowest BCUT2D eigenvalue weighted by Crippen LogP contribution is -2.19. The molecule has 0 bridgehead atoms. The van der Waals surface area contributed by atoms with Crippen LogP contribution in [0.2, 0.25) is 0 Å². The highest BCUT2D eigenvalue weighted by atomic mass is 32.2. The molecule has 1 atom stereocenters. The molecule has 0 radical (unpaired) electrons. The highest BCUT2D eigenvalue weighted by molar-refractivity contribution is 7.98. The number of rotatable bonds is 7. The normalized spacial score (nSPS) is 12.2. The van der Waals surface area contributed by atoms with Gasteiger partial charge in [0.2, 0.25) is 0 Å². The van der Waals surface area contributed by atoms with Gasteiger partial charge in [0.25, 0.3) is 0 Å². The fourth-order valence-electron chi connectivity index (χ4n) is 1.25. The van der Waals surface area contributed by atoms with Crippen LogP contribution in [-0.4, -0.2) is 40.5 Å². The predicted molar refractivity (Wildman–Crippen MR) is 72.8 cm³/mol. The van der Waals surface area contributed by atoms with Crippen LogP contribution >= 0.6 is 11.8 Å². The highest BCUT2D eigenvalue weighted by Gasteiger charge is 2.05. The largest absolute Gasteiger partial charge is 0.391 e. The zero-order valence-corrected chi connectivity index (χ0v) is 11.3. The molecule has 0 saturated carbocycles. The van der Waals surface area contributed by atoms with E-state index < -0.39 is 0 Å². The molecule has 0 aromatic carbocycles. The number of thioether (sulfide) groups is 1. The summed E-state index contributed by atoms with van der Waals surface area (Å²) in [5.74, 6) is 1.55. The van der Waals surface area contributed by atoms with E-state index in [1.54, 1.807) is 0 Å². The van der Waals surface area contributed by atoms with Gasteiger partial charge < -0.3 is 15.7 Å². The predicted octanol–water partition coefficient (Wildman–Crippen LogP) is 1.81. The average Bonchev–Trinajstić information content (AvgIpc) is 2.36. The molecule has 5 nitrogen and oxygen atoms in total. The maximum Gasteiger partial charge on any atom is 0.191 e. The van der Waals surface area contributed by atoms with E-state index in [0.29, 0.717) is 6.54 Å². The van der Waals surface area contributed by atoms with Crippen molar-refractivity contribution in [1.29, 1.82) is 0 Å². The van der Waals surface area contributed by atoms with Gasteiger partial charge in [0.05, 0.1) is 6.10 Å². The van der Waals surface area contributed by atoms with Crippen molar-refractivity contribution in [2.45, 2.75) is 31.5 Å². The van der Waals surface area contributed by atoms with Gasteiger partial charge in [0.15, 0.2) is 5.16 Å². The standard InChI is InChI=1S/C11H20N4OS/c1-4-8(16)7-13-10-6-9(12-5-2)14-11(15-10)17-3/h6,8,16H,4-5,7H2,1-3H3,(H2,12,13,14,15). The van der Waals surface area contributed by atoms with E-state index in [2.05, 4.69) is 20.6 Å². The molecule has 1 aromatic rings. The van der Waals surface area contributed by atoms with Crippen LogP contribution in [0.5, 0.6) is 0 Å². The van der Waals surface area contributed by atoms with Gasteiger partial charge in [-0.15, -0.1) is 0 Å². The molecule has 0 aliphatic heterocycles. The van der Waals surface area contributed by atoms with Gasteiger partial charge in [-0.3, -0.25) is 0 Å². The van der Waals surface area contributed by atoms with Crippen LogP contribution in [0.3, 0.4) is 0 Å². The monoisotopic (exact) mass is 256 g/mol. The van der Waals surface area contributed by atoms with Crippen molar-refractivity contribution in [2.24, 2.45) is 0 Å². The Balaban J connectivity index is 2.72. The van der Waals surface area contributed by atoms with Crippen molar-refractivity contribution in [2.75, 3.05) is 30.0 Å². The second-order valence-corrected chi connectivity index (χ2v) is 4.37. The lowest BCUT2D eigenvalue weighted by Gasteiger charge is -2.12. The zero-order chi connectivity index (χ0) is 12.7. The molecule has 1 unspecified atom stereocenters. The van der Waals surface area contributed by atoms with E-state index in [1.165, 1.54) is 11.8 Å². The topological polar surface area (TPSA) is 70.1 Å². The van der Waals surface area contributed by atoms with Crippen LogP contribution < -0.4 is 10.6 Å². The molecule has 0 aliphatic carbocycles. The van der Waals surface area contributed by atoms with Crippen LogP contribution in [0.15, 0.2) is 11.2 Å². The number of nitrogens with zero attached hydrogens (tertiary/aromatic N) is 2. The molecule has 6 heteroatoms. The van der Waals surface area contributed by atoms with Gasteiger partial charge in [-0.1, -0.05) is 18.7 Å². The molecule has 0 fully saturated rings. The molecule has 96 valence electrons. The van der Waals surface area contributed by atoms with Gasteiger partial charge in [-0.05, 0) is 19.6 Å². The summed E-state index contributed by atoms with van der Waals surface area (Å²) in [6, 6.07) is 1.85. The first-order valence-electron chi connectivity index (χ1n) is 5.78. The highest BCUT2D eigenvalue weighted by Crippen LogP contribution is 2.17. The van der Waals surface area contributed by atoms with Gasteiger partial charge in [0.1, 0.15) is 11.6 Å². The Morgan fingerprint density at radius 2 is 1.94 bits per heavy atom. The smallest absolute Gasteiger partial charge is 0.191 e. The number of aliphatic hydroxyl groups is 1. The fraction of sp³-hybridized carbons (Fsp3) is 0.636. The van der Waals surface area contributed by atoms with E-state index in [0.717, 1.165) is 29.8 Å². The Bertz CT molecular complexity index is 348. The van der Waals surface area contributed by atoms with Crippen molar-refractivity contribution in [3.05, 3.63) is 6.07 Å². The number of hydrogen-bond donors (Lipinski definition) is 3. The van der Waals surface area contributed by atoms with Crippen LogP contribution in [0.4, 0.5) is 11.6 Å². The zero-order valence-electron chi connectivity index (χ0n) is 10.5. The minimum atomic E-state index is -0.342. The van der Waals surface area contributed by atoms with Crippen LogP contribution in [-0.2, 0) is 0 Å². The minimum absolute atomic E-state index is 0.342. The maximum absolute atomic E-state index is 9.49. The summed E-state index contributed by atoms with van der Waals surface area (Å²) < 4.78 is 0. The van der Waals surface area contributed by atoms with Gasteiger partial charge >= 0.3 is 0 Å². The summed E-state index contributed by atoms with van der Waals surface area (Å²) in [6.07, 6.45) is 2.33. The summed E-state index contributed by atoms with van der Waals surface area (Å²) >= 11 is 1.50. The molecule has 1 aromatic heterocycles. The molecule has 0 aliphatic rings. The second-order valence-electron chi connectivity index (χ2n) is 3.60. The van der Waals surface area contributed by atoms with Gasteiger partial charge in [-0.2, -0.15) is 0 Å². The lowest BCUT2D eigenvalue weighted by molar-refractivity contribution is 0.183. The van der Waals surface area contributed by atoms with Gasteiger partial charge in [0, 0.05) is 19.2 Å². The van der Waals surface area contributed by atoms with E-state index in [4.69, 9.17) is 0 Å². The van der Waals surface area contributed by atoms with E-state index in [-0.39, 0.29) is 6.10 Å². The third kappa shape index (κ3) is 4.79. The molecule has 17 heavy (non-hydrogen) atoms. The first-order valence-corrected chi connectivity index (χ1v) is 7.00. The molecular formula is C11H20N4OS. The molecule has 0 amide bonds. The molecular weight excluding hydrogens is 236 g/mol. The maximum atomic E-state index is 9.49. The summed E-state index contributed by atoms with van der Waals surface area (Å²) in [5.41, 5.74) is 0. The minimum Gasteiger partial charge on any atom is -0.391 e. The Labute approximate surface area is 106 Å². The first kappa shape index (κ1) is 14.1. The molecule has 1 heterocycles. The summed E-state index contributed by atoms with van der Waals surface area (Å²) in [6.45, 7) is 5.30. The Kier molecular flexibility index (Phi) is 6.07. The number of aromatic nitrogens is 2. The Morgan fingerprint density at radius 1 is 1.29 bits per heavy atom. The molecule has 1 rings (SSSR count).